The van der Waals surface area contributed by atoms with Gasteiger partial charge in [0.25, 0.3) is 0 Å². The van der Waals surface area contributed by atoms with Gasteiger partial charge in [-0.1, -0.05) is 0 Å². The quantitative estimate of drug-likeness (QED) is 0.424. The lowest BCUT2D eigenvalue weighted by molar-refractivity contribution is -0.00199. The Morgan fingerprint density at radius 1 is 1.73 bits per heavy atom. The van der Waals surface area contributed by atoms with Gasteiger partial charge in [0.15, 0.2) is 0 Å². The molecule has 1 rings (SSSR count). The van der Waals surface area contributed by atoms with Crippen molar-refractivity contribution < 1.29 is 14.6 Å². The van der Waals surface area contributed by atoms with Gasteiger partial charge in [0.1, 0.15) is 20.1 Å². The van der Waals surface area contributed by atoms with E-state index in [0.29, 0.717) is 5.75 Å². The van der Waals surface area contributed by atoms with Crippen LogP contribution in [0.5, 0.6) is 0 Å². The number of aliphatic hydroxyl groups is 1. The number of ether oxygens (including phenoxy) is 2. The molecule has 0 spiro atoms. The summed E-state index contributed by atoms with van der Waals surface area (Å²) in [4.78, 5) is 0. The molecule has 0 aromatic rings. The van der Waals surface area contributed by atoms with Crippen molar-refractivity contribution in [1.29, 1.82) is 0 Å². The van der Waals surface area contributed by atoms with Crippen molar-refractivity contribution >= 4 is 20.5 Å². The van der Waals surface area contributed by atoms with E-state index >= 15 is 0 Å². The molecule has 0 aromatic heterocycles. The van der Waals surface area contributed by atoms with E-state index in [1.54, 1.807) is 0 Å². The highest BCUT2D eigenvalue weighted by atomic mass is 32.1. The summed E-state index contributed by atoms with van der Waals surface area (Å²) in [5.41, 5.74) is 0. The van der Waals surface area contributed by atoms with Crippen LogP contribution < -0.4 is 0 Å². The summed E-state index contributed by atoms with van der Waals surface area (Å²) in [6.07, 6.45) is -1.28. The summed E-state index contributed by atoms with van der Waals surface area (Å²) in [7, 11) is 6.94. The highest BCUT2D eigenvalue weighted by Crippen LogP contribution is 2.22. The molecule has 1 saturated heterocycles. The van der Waals surface area contributed by atoms with Crippen LogP contribution in [0.25, 0.3) is 0 Å². The second-order valence-electron chi connectivity index (χ2n) is 2.51. The Hall–Kier alpha value is 0.295. The summed E-state index contributed by atoms with van der Waals surface area (Å²) in [5.74, 6) is 0.503. The van der Waals surface area contributed by atoms with Crippen LogP contribution in [0.1, 0.15) is 0 Å². The van der Waals surface area contributed by atoms with E-state index in [0.717, 1.165) is 0 Å². The van der Waals surface area contributed by atoms with Crippen molar-refractivity contribution in [2.45, 2.75) is 24.3 Å². The fourth-order valence-corrected chi connectivity index (χ4v) is 1.50. The molecule has 11 heavy (non-hydrogen) atoms. The molecule has 1 aliphatic rings. The van der Waals surface area contributed by atoms with E-state index in [1.165, 1.54) is 7.11 Å². The molecule has 0 aromatic carbocycles. The van der Waals surface area contributed by atoms with E-state index < -0.39 is 12.1 Å². The Labute approximate surface area is 72.9 Å². The van der Waals surface area contributed by atoms with Gasteiger partial charge >= 0.3 is 0 Å². The fraction of sp³-hybridized carbons (Fsp3) is 1.00. The summed E-state index contributed by atoms with van der Waals surface area (Å²) in [6.45, 7) is 0. The molecule has 1 N–H and O–H groups in total. The Kier molecular flexibility index (Phi) is 3.24. The molecule has 5 heteroatoms. The highest BCUT2D eigenvalue weighted by Gasteiger charge is 2.40. The molecule has 4 unspecified atom stereocenters. The lowest BCUT2D eigenvalue weighted by atomic mass is 9.93. The molecule has 1 fully saturated rings. The zero-order valence-electron chi connectivity index (χ0n) is 6.30. The first-order valence-corrected chi connectivity index (χ1v) is 4.06. The lowest BCUT2D eigenvalue weighted by Crippen LogP contribution is -2.35. The minimum Gasteiger partial charge on any atom is -0.388 e. The standard InChI is InChI=1S/C6H11BO3S/c1-9-5-3(2-11)10-6(7)4(5)8/h3-6,8,11H,2H2,1H3. The first kappa shape index (κ1) is 9.38. The topological polar surface area (TPSA) is 38.7 Å². The first-order chi connectivity index (χ1) is 5.20. The zero-order valence-corrected chi connectivity index (χ0v) is 7.20. The molecule has 3 nitrogen and oxygen atoms in total. The number of hydrogen-bond acceptors (Lipinski definition) is 4. The van der Waals surface area contributed by atoms with Crippen LogP contribution >= 0.6 is 12.6 Å². The smallest absolute Gasteiger partial charge is 0.112 e. The van der Waals surface area contributed by atoms with Crippen molar-refractivity contribution in [3.05, 3.63) is 0 Å². The van der Waals surface area contributed by atoms with E-state index in [9.17, 15) is 5.11 Å². The van der Waals surface area contributed by atoms with Gasteiger partial charge in [-0.25, -0.2) is 0 Å². The van der Waals surface area contributed by atoms with E-state index in [4.69, 9.17) is 17.3 Å². The third kappa shape index (κ3) is 1.72. The average molecular weight is 174 g/mol. The van der Waals surface area contributed by atoms with Gasteiger partial charge in [-0.05, 0) is 0 Å². The molecule has 0 amide bonds. The number of aliphatic hydroxyl groups excluding tert-OH is 1. The van der Waals surface area contributed by atoms with Crippen molar-refractivity contribution in [2.24, 2.45) is 0 Å². The molecule has 0 saturated carbocycles. The fourth-order valence-electron chi connectivity index (χ4n) is 1.20. The Bertz CT molecular complexity index is 135. The molecule has 0 aliphatic carbocycles. The van der Waals surface area contributed by atoms with Crippen LogP contribution in [0.4, 0.5) is 0 Å². The summed E-state index contributed by atoms with van der Waals surface area (Å²) in [6, 6.07) is -0.642. The summed E-state index contributed by atoms with van der Waals surface area (Å²) in [5, 5.41) is 9.35. The van der Waals surface area contributed by atoms with Crippen molar-refractivity contribution in [3.63, 3.8) is 0 Å². The van der Waals surface area contributed by atoms with Crippen LogP contribution in [0.3, 0.4) is 0 Å². The number of methoxy groups -OCH3 is 1. The van der Waals surface area contributed by atoms with Gasteiger partial charge in [0, 0.05) is 18.9 Å². The van der Waals surface area contributed by atoms with Crippen LogP contribution in [-0.2, 0) is 9.47 Å². The molecule has 1 heterocycles. The van der Waals surface area contributed by atoms with E-state index in [-0.39, 0.29) is 12.2 Å². The average Bonchev–Trinajstić information content (AvgIpc) is 2.28. The normalized spacial score (nSPS) is 44.6. The molecule has 4 atom stereocenters. The third-order valence-electron chi connectivity index (χ3n) is 1.82. The van der Waals surface area contributed by atoms with Crippen LogP contribution in [0, 0.1) is 0 Å². The SMILES string of the molecule is [B]C1OC(CS)C(OC)C1O. The second kappa shape index (κ2) is 3.80. The maximum atomic E-state index is 9.35. The van der Waals surface area contributed by atoms with Crippen LogP contribution in [-0.4, -0.2) is 50.1 Å². The Morgan fingerprint density at radius 2 is 2.36 bits per heavy atom. The van der Waals surface area contributed by atoms with Crippen LogP contribution in [0.15, 0.2) is 0 Å². The molecule has 62 valence electrons. The van der Waals surface area contributed by atoms with Crippen molar-refractivity contribution in [3.8, 4) is 0 Å². The first-order valence-electron chi connectivity index (χ1n) is 3.43. The van der Waals surface area contributed by atoms with Gasteiger partial charge in [-0.2, -0.15) is 12.6 Å². The predicted octanol–water partition coefficient (Wildman–Crippen LogP) is -0.815. The minimum atomic E-state index is -0.739. The highest BCUT2D eigenvalue weighted by molar-refractivity contribution is 7.80. The molecule has 1 aliphatic heterocycles. The Balaban J connectivity index is 2.57. The van der Waals surface area contributed by atoms with E-state index in [2.05, 4.69) is 12.6 Å². The third-order valence-corrected chi connectivity index (χ3v) is 2.18. The lowest BCUT2D eigenvalue weighted by Gasteiger charge is -2.16. The predicted molar refractivity (Wildman–Crippen MR) is 45.1 cm³/mol. The molecule has 2 radical (unpaired) electrons. The molecule has 0 bridgehead atoms. The molecular weight excluding hydrogens is 163 g/mol. The second-order valence-corrected chi connectivity index (χ2v) is 2.88. The van der Waals surface area contributed by atoms with Crippen LogP contribution in [0.2, 0.25) is 0 Å². The number of hydrogen-bond donors (Lipinski definition) is 2. The number of thiol groups is 1. The summed E-state index contributed by atoms with van der Waals surface area (Å²) >= 11 is 4.04. The number of rotatable bonds is 2. The maximum Gasteiger partial charge on any atom is 0.112 e. The summed E-state index contributed by atoms with van der Waals surface area (Å²) < 4.78 is 10.1. The van der Waals surface area contributed by atoms with Crippen molar-refractivity contribution in [2.75, 3.05) is 12.9 Å². The largest absolute Gasteiger partial charge is 0.388 e. The van der Waals surface area contributed by atoms with Gasteiger partial charge in [0.2, 0.25) is 0 Å². The monoisotopic (exact) mass is 174 g/mol. The van der Waals surface area contributed by atoms with Gasteiger partial charge in [-0.3, -0.25) is 0 Å². The zero-order chi connectivity index (χ0) is 8.43. The Morgan fingerprint density at radius 3 is 2.73 bits per heavy atom. The minimum absolute atomic E-state index is 0.201. The van der Waals surface area contributed by atoms with E-state index in [1.807, 2.05) is 0 Å². The van der Waals surface area contributed by atoms with Crippen molar-refractivity contribution in [1.82, 2.24) is 0 Å². The van der Waals surface area contributed by atoms with Gasteiger partial charge in [0.05, 0.1) is 6.10 Å². The molecular formula is C6H11BO3S. The van der Waals surface area contributed by atoms with Gasteiger partial charge in [-0.15, -0.1) is 0 Å². The van der Waals surface area contributed by atoms with Gasteiger partial charge < -0.3 is 14.6 Å². The maximum absolute atomic E-state index is 9.35.